The molecule has 0 saturated carbocycles. The van der Waals surface area contributed by atoms with Gasteiger partial charge in [0.1, 0.15) is 5.82 Å². The SMILES string of the molecule is CC(=O)NCCC#Cc1cc(Cl)cc(F)c1Cl. The van der Waals surface area contributed by atoms with Crippen molar-refractivity contribution in [2.24, 2.45) is 0 Å². The Morgan fingerprint density at radius 1 is 1.47 bits per heavy atom. The summed E-state index contributed by atoms with van der Waals surface area (Å²) < 4.78 is 13.2. The van der Waals surface area contributed by atoms with Gasteiger partial charge in [0.2, 0.25) is 5.91 Å². The fourth-order valence-corrected chi connectivity index (χ4v) is 1.47. The molecule has 0 fully saturated rings. The lowest BCUT2D eigenvalue weighted by Crippen LogP contribution is -2.20. The lowest BCUT2D eigenvalue weighted by molar-refractivity contribution is -0.118. The van der Waals surface area contributed by atoms with Crippen LogP contribution in [0.2, 0.25) is 10.0 Å². The van der Waals surface area contributed by atoms with E-state index < -0.39 is 5.82 Å². The first-order valence-corrected chi connectivity index (χ1v) is 5.64. The van der Waals surface area contributed by atoms with Gasteiger partial charge in [-0.15, -0.1) is 0 Å². The first-order valence-electron chi connectivity index (χ1n) is 4.88. The average molecular weight is 274 g/mol. The second-order valence-electron chi connectivity index (χ2n) is 3.28. The molecule has 1 aromatic rings. The molecular formula is C12H10Cl2FNO. The minimum Gasteiger partial charge on any atom is -0.355 e. The van der Waals surface area contributed by atoms with Crippen molar-refractivity contribution in [3.05, 3.63) is 33.6 Å². The Hall–Kier alpha value is -1.24. The molecule has 0 aliphatic rings. The predicted molar refractivity (Wildman–Crippen MR) is 66.6 cm³/mol. The smallest absolute Gasteiger partial charge is 0.216 e. The van der Waals surface area contributed by atoms with Crippen LogP contribution in [0, 0.1) is 17.7 Å². The Balaban J connectivity index is 2.68. The minimum absolute atomic E-state index is 0.0403. The summed E-state index contributed by atoms with van der Waals surface area (Å²) in [5.74, 6) is 4.78. The van der Waals surface area contributed by atoms with Crippen LogP contribution >= 0.6 is 23.2 Å². The van der Waals surface area contributed by atoms with E-state index in [1.165, 1.54) is 13.0 Å². The fourth-order valence-electron chi connectivity index (χ4n) is 1.11. The highest BCUT2D eigenvalue weighted by Gasteiger charge is 2.05. The van der Waals surface area contributed by atoms with Crippen molar-refractivity contribution in [1.29, 1.82) is 0 Å². The van der Waals surface area contributed by atoms with E-state index in [9.17, 15) is 9.18 Å². The number of rotatable bonds is 2. The summed E-state index contributed by atoms with van der Waals surface area (Å²) in [5, 5.41) is 2.80. The normalized spacial score (nSPS) is 9.41. The van der Waals surface area contributed by atoms with Crippen molar-refractivity contribution < 1.29 is 9.18 Å². The van der Waals surface area contributed by atoms with E-state index in [-0.39, 0.29) is 16.0 Å². The molecule has 0 heterocycles. The van der Waals surface area contributed by atoms with Crippen molar-refractivity contribution in [2.75, 3.05) is 6.54 Å². The first kappa shape index (κ1) is 13.8. The summed E-state index contributed by atoms with van der Waals surface area (Å²) in [4.78, 5) is 10.6. The summed E-state index contributed by atoms with van der Waals surface area (Å²) in [7, 11) is 0. The summed E-state index contributed by atoms with van der Waals surface area (Å²) in [6.07, 6.45) is 0.462. The highest BCUT2D eigenvalue weighted by atomic mass is 35.5. The third-order valence-corrected chi connectivity index (χ3v) is 2.44. The maximum Gasteiger partial charge on any atom is 0.216 e. The molecule has 2 nitrogen and oxygen atoms in total. The number of hydrogen-bond acceptors (Lipinski definition) is 1. The van der Waals surface area contributed by atoms with E-state index in [1.807, 2.05) is 0 Å². The van der Waals surface area contributed by atoms with Crippen LogP contribution in [0.4, 0.5) is 4.39 Å². The molecule has 1 amide bonds. The molecular weight excluding hydrogens is 264 g/mol. The lowest BCUT2D eigenvalue weighted by atomic mass is 10.2. The highest BCUT2D eigenvalue weighted by Crippen LogP contribution is 2.23. The van der Waals surface area contributed by atoms with Crippen molar-refractivity contribution >= 4 is 29.1 Å². The molecule has 0 aliphatic heterocycles. The molecule has 0 saturated heterocycles. The molecule has 90 valence electrons. The van der Waals surface area contributed by atoms with Crippen LogP contribution in [-0.4, -0.2) is 12.5 Å². The number of benzene rings is 1. The van der Waals surface area contributed by atoms with Crippen molar-refractivity contribution in [1.82, 2.24) is 5.32 Å². The number of halogens is 3. The van der Waals surface area contributed by atoms with Crippen LogP contribution in [-0.2, 0) is 4.79 Å². The molecule has 0 bridgehead atoms. The van der Waals surface area contributed by atoms with Gasteiger partial charge < -0.3 is 5.32 Å². The van der Waals surface area contributed by atoms with Gasteiger partial charge in [-0.1, -0.05) is 35.0 Å². The van der Waals surface area contributed by atoms with Gasteiger partial charge in [-0.25, -0.2) is 4.39 Å². The van der Waals surface area contributed by atoms with E-state index in [1.54, 1.807) is 0 Å². The van der Waals surface area contributed by atoms with Crippen molar-refractivity contribution in [2.45, 2.75) is 13.3 Å². The minimum atomic E-state index is -0.592. The van der Waals surface area contributed by atoms with Crippen LogP contribution in [0.3, 0.4) is 0 Å². The molecule has 1 rings (SSSR count). The molecule has 0 spiro atoms. The Morgan fingerprint density at radius 2 is 2.18 bits per heavy atom. The Kier molecular flexibility index (Phi) is 5.27. The predicted octanol–water partition coefficient (Wildman–Crippen LogP) is 3.01. The average Bonchev–Trinajstić information content (AvgIpc) is 2.23. The summed E-state index contributed by atoms with van der Waals surface area (Å²) in [5.41, 5.74) is 0.347. The van der Waals surface area contributed by atoms with Crippen LogP contribution in [0.25, 0.3) is 0 Å². The molecule has 1 N–H and O–H groups in total. The van der Waals surface area contributed by atoms with Gasteiger partial charge in [-0.3, -0.25) is 4.79 Å². The Labute approximate surface area is 109 Å². The van der Waals surface area contributed by atoms with E-state index >= 15 is 0 Å². The zero-order chi connectivity index (χ0) is 12.8. The number of nitrogens with one attached hydrogen (secondary N) is 1. The number of hydrogen-bond donors (Lipinski definition) is 1. The van der Waals surface area contributed by atoms with Crippen LogP contribution < -0.4 is 5.32 Å². The molecule has 0 atom stereocenters. The van der Waals surface area contributed by atoms with E-state index in [0.717, 1.165) is 6.07 Å². The van der Waals surface area contributed by atoms with E-state index in [2.05, 4.69) is 17.2 Å². The maximum absolute atomic E-state index is 13.2. The second kappa shape index (κ2) is 6.48. The van der Waals surface area contributed by atoms with Gasteiger partial charge in [-0.05, 0) is 12.1 Å². The maximum atomic E-state index is 13.2. The quantitative estimate of drug-likeness (QED) is 0.501. The first-order chi connectivity index (χ1) is 8.00. The molecule has 1 aromatic carbocycles. The zero-order valence-electron chi connectivity index (χ0n) is 9.11. The number of amides is 1. The van der Waals surface area contributed by atoms with Crippen LogP contribution in [0.5, 0.6) is 0 Å². The van der Waals surface area contributed by atoms with Gasteiger partial charge >= 0.3 is 0 Å². The Morgan fingerprint density at radius 3 is 2.82 bits per heavy atom. The summed E-state index contributed by atoms with van der Waals surface area (Å²) in [6, 6.07) is 2.63. The third-order valence-electron chi connectivity index (χ3n) is 1.84. The van der Waals surface area contributed by atoms with Crippen molar-refractivity contribution in [3.63, 3.8) is 0 Å². The lowest BCUT2D eigenvalue weighted by Gasteiger charge is -1.99. The summed E-state index contributed by atoms with van der Waals surface area (Å²) in [6.45, 7) is 1.87. The fraction of sp³-hybridized carbons (Fsp3) is 0.250. The highest BCUT2D eigenvalue weighted by molar-refractivity contribution is 6.34. The third kappa shape index (κ3) is 4.64. The van der Waals surface area contributed by atoms with Gasteiger partial charge in [0.25, 0.3) is 0 Å². The Bertz CT molecular complexity index is 491. The number of carbonyl (C=O) groups excluding carboxylic acids is 1. The second-order valence-corrected chi connectivity index (χ2v) is 4.10. The van der Waals surface area contributed by atoms with Gasteiger partial charge in [-0.2, -0.15) is 0 Å². The van der Waals surface area contributed by atoms with Gasteiger partial charge in [0, 0.05) is 30.5 Å². The monoisotopic (exact) mass is 273 g/mol. The van der Waals surface area contributed by atoms with E-state index in [4.69, 9.17) is 23.2 Å². The van der Waals surface area contributed by atoms with Crippen LogP contribution in [0.15, 0.2) is 12.1 Å². The van der Waals surface area contributed by atoms with E-state index in [0.29, 0.717) is 18.5 Å². The molecule has 0 unspecified atom stereocenters. The molecule has 0 aliphatic carbocycles. The van der Waals surface area contributed by atoms with Crippen LogP contribution in [0.1, 0.15) is 18.9 Å². The van der Waals surface area contributed by atoms with Gasteiger partial charge in [0.15, 0.2) is 0 Å². The topological polar surface area (TPSA) is 29.1 Å². The molecule has 0 radical (unpaired) electrons. The molecule has 5 heteroatoms. The number of carbonyl (C=O) groups is 1. The zero-order valence-corrected chi connectivity index (χ0v) is 10.6. The van der Waals surface area contributed by atoms with Crippen molar-refractivity contribution in [3.8, 4) is 11.8 Å². The molecule has 0 aromatic heterocycles. The standard InChI is InChI=1S/C12H10Cl2FNO/c1-8(17)16-5-3-2-4-9-6-10(13)7-11(15)12(9)14/h6-7H,3,5H2,1H3,(H,16,17). The summed E-state index contributed by atoms with van der Waals surface area (Å²) >= 11 is 11.4. The largest absolute Gasteiger partial charge is 0.355 e. The molecule has 17 heavy (non-hydrogen) atoms. The van der Waals surface area contributed by atoms with Gasteiger partial charge in [0.05, 0.1) is 5.02 Å².